The molecule has 2 heterocycles. The van der Waals surface area contributed by atoms with Gasteiger partial charge in [-0.3, -0.25) is 10.3 Å². The third-order valence-electron chi connectivity index (χ3n) is 5.46. The number of aliphatic hydroxyl groups is 1. The highest BCUT2D eigenvalue weighted by Gasteiger charge is 2.20. The molecule has 0 fully saturated rings. The Kier molecular flexibility index (Phi) is 6.69. The highest BCUT2D eigenvalue weighted by molar-refractivity contribution is 9.10. The molecule has 1 aliphatic rings. The molecule has 0 saturated carbocycles. The second kappa shape index (κ2) is 10.0. The van der Waals surface area contributed by atoms with Crippen molar-refractivity contribution in [2.75, 3.05) is 6.54 Å². The van der Waals surface area contributed by atoms with E-state index < -0.39 is 6.23 Å². The van der Waals surface area contributed by atoms with E-state index >= 15 is 0 Å². The fraction of sp³-hybridized carbons (Fsp3) is 0.111. The van der Waals surface area contributed by atoms with Crippen LogP contribution in [0, 0.1) is 0 Å². The van der Waals surface area contributed by atoms with Crippen LogP contribution in [0.5, 0.6) is 0 Å². The smallest absolute Gasteiger partial charge is 0.131 e. The number of aliphatic hydroxyl groups excluding tert-OH is 1. The molecule has 6 heteroatoms. The first-order valence-electron chi connectivity index (χ1n) is 10.7. The monoisotopic (exact) mass is 515 g/mol. The van der Waals surface area contributed by atoms with Crippen LogP contribution in [0.1, 0.15) is 28.6 Å². The Morgan fingerprint density at radius 2 is 1.73 bits per heavy atom. The molecule has 5 rings (SSSR count). The zero-order valence-electron chi connectivity index (χ0n) is 17.8. The van der Waals surface area contributed by atoms with Crippen LogP contribution in [0.25, 0.3) is 0 Å². The Balaban J connectivity index is 1.44. The summed E-state index contributed by atoms with van der Waals surface area (Å²) in [6.07, 6.45) is 1.76. The molecule has 3 aromatic carbocycles. The molecule has 1 aliphatic heterocycles. The average molecular weight is 516 g/mol. The number of nitrogens with zero attached hydrogens (tertiary/aromatic N) is 2. The zero-order valence-corrected chi connectivity index (χ0v) is 20.2. The SMILES string of the molecule is OC(NCCc1ccccn1)c1ccc2c(c1)N=C(c1ccc(Br)cc1)c1ccccc1S2. The Hall–Kier alpha value is -2.77. The number of benzene rings is 3. The highest BCUT2D eigenvalue weighted by Crippen LogP contribution is 2.42. The predicted molar refractivity (Wildman–Crippen MR) is 137 cm³/mol. The van der Waals surface area contributed by atoms with Gasteiger partial charge in [0.25, 0.3) is 0 Å². The fourth-order valence-corrected chi connectivity index (χ4v) is 5.02. The first-order chi connectivity index (χ1) is 16.2. The molecule has 1 unspecified atom stereocenters. The van der Waals surface area contributed by atoms with Gasteiger partial charge in [0.15, 0.2) is 0 Å². The Morgan fingerprint density at radius 1 is 0.909 bits per heavy atom. The molecule has 0 amide bonds. The zero-order chi connectivity index (χ0) is 22.6. The van der Waals surface area contributed by atoms with Crippen molar-refractivity contribution < 1.29 is 5.11 Å². The predicted octanol–water partition coefficient (Wildman–Crippen LogP) is 6.30. The van der Waals surface area contributed by atoms with E-state index in [1.807, 2.05) is 54.6 Å². The summed E-state index contributed by atoms with van der Waals surface area (Å²) < 4.78 is 1.03. The van der Waals surface area contributed by atoms with Crippen LogP contribution < -0.4 is 5.32 Å². The second-order valence-corrected chi connectivity index (χ2v) is 9.72. The maximum Gasteiger partial charge on any atom is 0.131 e. The summed E-state index contributed by atoms with van der Waals surface area (Å²) in [5, 5.41) is 14.0. The minimum absolute atomic E-state index is 0.628. The maximum atomic E-state index is 10.8. The fourth-order valence-electron chi connectivity index (χ4n) is 3.76. The summed E-state index contributed by atoms with van der Waals surface area (Å²) in [7, 11) is 0. The molecule has 1 aromatic heterocycles. The molecule has 4 nitrogen and oxygen atoms in total. The van der Waals surface area contributed by atoms with Crippen molar-refractivity contribution in [1.82, 2.24) is 10.3 Å². The summed E-state index contributed by atoms with van der Waals surface area (Å²) in [4.78, 5) is 11.7. The number of halogens is 1. The van der Waals surface area contributed by atoms with Crippen molar-refractivity contribution >= 4 is 39.1 Å². The van der Waals surface area contributed by atoms with Gasteiger partial charge in [-0.25, -0.2) is 4.99 Å². The Morgan fingerprint density at radius 3 is 2.55 bits per heavy atom. The lowest BCUT2D eigenvalue weighted by Crippen LogP contribution is -2.23. The molecule has 0 spiro atoms. The molecule has 2 N–H and O–H groups in total. The van der Waals surface area contributed by atoms with Crippen molar-refractivity contribution in [2.24, 2.45) is 4.99 Å². The van der Waals surface area contributed by atoms with Gasteiger partial charge in [-0.2, -0.15) is 0 Å². The summed E-state index contributed by atoms with van der Waals surface area (Å²) in [6, 6.07) is 28.4. The van der Waals surface area contributed by atoms with Crippen molar-refractivity contribution in [3.05, 3.63) is 118 Å². The van der Waals surface area contributed by atoms with E-state index in [2.05, 4.69) is 56.6 Å². The molecule has 1 atom stereocenters. The third kappa shape index (κ3) is 5.09. The quantitative estimate of drug-likeness (QED) is 0.260. The van der Waals surface area contributed by atoms with Gasteiger partial charge in [0.1, 0.15) is 6.23 Å². The van der Waals surface area contributed by atoms with E-state index in [-0.39, 0.29) is 0 Å². The van der Waals surface area contributed by atoms with Crippen LogP contribution in [0.2, 0.25) is 0 Å². The van der Waals surface area contributed by atoms with Crippen molar-refractivity contribution in [2.45, 2.75) is 22.4 Å². The van der Waals surface area contributed by atoms with E-state index in [9.17, 15) is 5.11 Å². The largest absolute Gasteiger partial charge is 0.374 e. The second-order valence-electron chi connectivity index (χ2n) is 7.72. The summed E-state index contributed by atoms with van der Waals surface area (Å²) in [5.74, 6) is 0. The normalized spacial score (nSPS) is 13.5. The van der Waals surface area contributed by atoms with Crippen LogP contribution in [0.4, 0.5) is 5.69 Å². The van der Waals surface area contributed by atoms with Crippen molar-refractivity contribution in [1.29, 1.82) is 0 Å². The molecule has 164 valence electrons. The van der Waals surface area contributed by atoms with Crippen LogP contribution in [-0.4, -0.2) is 22.3 Å². The number of aromatic nitrogens is 1. The van der Waals surface area contributed by atoms with E-state index in [0.29, 0.717) is 6.54 Å². The molecule has 0 bridgehead atoms. The van der Waals surface area contributed by atoms with Crippen LogP contribution in [0.3, 0.4) is 0 Å². The molecule has 0 aliphatic carbocycles. The first-order valence-corrected chi connectivity index (χ1v) is 12.4. The minimum atomic E-state index is -0.777. The van der Waals surface area contributed by atoms with Crippen LogP contribution in [-0.2, 0) is 6.42 Å². The summed E-state index contributed by atoms with van der Waals surface area (Å²) in [5.41, 5.74) is 5.74. The van der Waals surface area contributed by atoms with Gasteiger partial charge in [0.2, 0.25) is 0 Å². The van der Waals surface area contributed by atoms with E-state index in [1.165, 1.54) is 4.90 Å². The summed E-state index contributed by atoms with van der Waals surface area (Å²) >= 11 is 5.23. The molecular weight excluding hydrogens is 494 g/mol. The van der Waals surface area contributed by atoms with Crippen molar-refractivity contribution in [3.63, 3.8) is 0 Å². The van der Waals surface area contributed by atoms with Crippen LogP contribution in [0.15, 0.2) is 110 Å². The number of hydrogen-bond acceptors (Lipinski definition) is 5. The van der Waals surface area contributed by atoms with Gasteiger partial charge in [-0.1, -0.05) is 70.2 Å². The molecule has 4 aromatic rings. The lowest BCUT2D eigenvalue weighted by atomic mass is 10.0. The minimum Gasteiger partial charge on any atom is -0.374 e. The van der Waals surface area contributed by atoms with Gasteiger partial charge in [-0.15, -0.1) is 0 Å². The van der Waals surface area contributed by atoms with Gasteiger partial charge in [-0.05, 0) is 48.0 Å². The van der Waals surface area contributed by atoms with E-state index in [1.54, 1.807) is 18.0 Å². The number of fused-ring (bicyclic) bond motifs is 2. The Bertz CT molecular complexity index is 1290. The lowest BCUT2D eigenvalue weighted by molar-refractivity contribution is 0.140. The highest BCUT2D eigenvalue weighted by atomic mass is 79.9. The average Bonchev–Trinajstić information content (AvgIpc) is 3.01. The van der Waals surface area contributed by atoms with Gasteiger partial charge in [0, 0.05) is 50.2 Å². The number of rotatable bonds is 6. The molecule has 0 radical (unpaired) electrons. The van der Waals surface area contributed by atoms with Gasteiger partial charge in [0.05, 0.1) is 11.4 Å². The molecular formula is C27H22BrN3OS. The van der Waals surface area contributed by atoms with E-state index in [0.717, 1.165) is 49.6 Å². The maximum absolute atomic E-state index is 10.8. The number of hydrogen-bond donors (Lipinski definition) is 2. The standard InChI is InChI=1S/C27H22BrN3OS/c28-20-11-8-18(9-12-20)26-22-6-1-2-7-24(22)33-25-13-10-19(17-23(25)31-26)27(32)30-16-14-21-5-3-4-15-29-21/h1-13,15,17,27,30,32H,14,16H2. The van der Waals surface area contributed by atoms with Gasteiger partial charge >= 0.3 is 0 Å². The molecule has 33 heavy (non-hydrogen) atoms. The number of aliphatic imine (C=N–C) groups is 1. The van der Waals surface area contributed by atoms with Crippen LogP contribution >= 0.6 is 27.7 Å². The third-order valence-corrected chi connectivity index (χ3v) is 7.13. The lowest BCUT2D eigenvalue weighted by Gasteiger charge is -2.14. The Labute approximate surface area is 206 Å². The van der Waals surface area contributed by atoms with Crippen molar-refractivity contribution in [3.8, 4) is 0 Å². The first kappa shape index (κ1) is 22.0. The summed E-state index contributed by atoms with van der Waals surface area (Å²) in [6.45, 7) is 0.628. The number of nitrogens with one attached hydrogen (secondary N) is 1. The van der Waals surface area contributed by atoms with E-state index in [4.69, 9.17) is 4.99 Å². The topological polar surface area (TPSA) is 57.5 Å². The van der Waals surface area contributed by atoms with Gasteiger partial charge < -0.3 is 5.11 Å². The molecule has 0 saturated heterocycles. The number of pyridine rings is 1.